The van der Waals surface area contributed by atoms with Gasteiger partial charge in [0, 0.05) is 22.4 Å². The number of thioether (sulfide) groups is 1. The summed E-state index contributed by atoms with van der Waals surface area (Å²) in [6, 6.07) is 9.26. The van der Waals surface area contributed by atoms with Crippen molar-refractivity contribution in [1.29, 1.82) is 0 Å². The molecule has 0 amide bonds. The molecule has 0 radical (unpaired) electrons. The molecule has 0 unspecified atom stereocenters. The molecule has 4 nitrogen and oxygen atoms in total. The summed E-state index contributed by atoms with van der Waals surface area (Å²) in [5.74, 6) is 2.21. The Hall–Kier alpha value is -1.40. The summed E-state index contributed by atoms with van der Waals surface area (Å²) in [7, 11) is 0. The Labute approximate surface area is 129 Å². The van der Waals surface area contributed by atoms with Crippen LogP contribution in [0.2, 0.25) is 0 Å². The van der Waals surface area contributed by atoms with Crippen LogP contribution in [0.15, 0.2) is 46.0 Å². The third kappa shape index (κ3) is 2.86. The topological polar surface area (TPSA) is 45.4 Å². The molecule has 2 heterocycles. The van der Waals surface area contributed by atoms with Crippen molar-refractivity contribution in [3.05, 3.63) is 51.8 Å². The van der Waals surface area contributed by atoms with E-state index in [0.717, 1.165) is 26.3 Å². The van der Waals surface area contributed by atoms with Crippen LogP contribution in [0.5, 0.6) is 11.5 Å². The molecular formula is C14H12BrNO3S. The fourth-order valence-corrected chi connectivity index (χ4v) is 3.45. The molecule has 0 saturated carbocycles. The van der Waals surface area contributed by atoms with E-state index < -0.39 is 0 Å². The largest absolute Gasteiger partial charge is 0.618 e. The monoisotopic (exact) mass is 353 g/mol. The van der Waals surface area contributed by atoms with Gasteiger partial charge in [-0.3, -0.25) is 0 Å². The number of fused-ring (bicyclic) bond motifs is 1. The average Bonchev–Trinajstić information content (AvgIpc) is 2.46. The van der Waals surface area contributed by atoms with Gasteiger partial charge in [-0.15, -0.1) is 0 Å². The number of ether oxygens (including phenoxy) is 2. The van der Waals surface area contributed by atoms with Crippen molar-refractivity contribution in [1.82, 2.24) is 0 Å². The highest BCUT2D eigenvalue weighted by atomic mass is 79.9. The lowest BCUT2D eigenvalue weighted by Gasteiger charge is -2.19. The number of pyridine rings is 1. The molecule has 6 heteroatoms. The number of benzene rings is 1. The highest BCUT2D eigenvalue weighted by Crippen LogP contribution is 2.37. The lowest BCUT2D eigenvalue weighted by Crippen LogP contribution is -2.27. The summed E-state index contributed by atoms with van der Waals surface area (Å²) < 4.78 is 12.9. The molecule has 2 aromatic rings. The fraction of sp³-hybridized carbons (Fsp3) is 0.214. The van der Waals surface area contributed by atoms with Gasteiger partial charge in [0.25, 0.3) is 5.03 Å². The first-order valence-corrected chi connectivity index (χ1v) is 7.91. The molecule has 3 rings (SSSR count). The van der Waals surface area contributed by atoms with Crippen molar-refractivity contribution in [2.24, 2.45) is 0 Å². The fourth-order valence-electron chi connectivity index (χ4n) is 1.89. The predicted octanol–water partition coefficient (Wildman–Crippen LogP) is 3.15. The maximum atomic E-state index is 11.6. The van der Waals surface area contributed by atoms with Crippen LogP contribution in [0, 0.1) is 5.21 Å². The molecule has 0 aliphatic carbocycles. The van der Waals surface area contributed by atoms with Crippen molar-refractivity contribution < 1.29 is 14.2 Å². The van der Waals surface area contributed by atoms with E-state index in [1.54, 1.807) is 6.07 Å². The third-order valence-electron chi connectivity index (χ3n) is 2.88. The van der Waals surface area contributed by atoms with Crippen molar-refractivity contribution >= 4 is 27.7 Å². The molecule has 104 valence electrons. The van der Waals surface area contributed by atoms with Gasteiger partial charge in [-0.2, -0.15) is 4.73 Å². The van der Waals surface area contributed by atoms with Gasteiger partial charge in [-0.25, -0.2) is 0 Å². The van der Waals surface area contributed by atoms with E-state index >= 15 is 0 Å². The number of rotatable bonds is 3. The summed E-state index contributed by atoms with van der Waals surface area (Å²) in [5.41, 5.74) is 1.07. The summed E-state index contributed by atoms with van der Waals surface area (Å²) in [6.07, 6.45) is 1.50. The first-order valence-electron chi connectivity index (χ1n) is 6.13. The number of nitrogens with zero attached hydrogens (tertiary/aromatic N) is 1. The molecule has 0 spiro atoms. The Morgan fingerprint density at radius 3 is 2.70 bits per heavy atom. The van der Waals surface area contributed by atoms with E-state index in [-0.39, 0.29) is 0 Å². The first-order chi connectivity index (χ1) is 9.74. The van der Waals surface area contributed by atoms with Gasteiger partial charge in [0.1, 0.15) is 13.2 Å². The maximum absolute atomic E-state index is 11.6. The zero-order valence-corrected chi connectivity index (χ0v) is 12.9. The van der Waals surface area contributed by atoms with Crippen LogP contribution in [0.25, 0.3) is 0 Å². The summed E-state index contributed by atoms with van der Waals surface area (Å²) in [5, 5.41) is 12.3. The Morgan fingerprint density at radius 2 is 1.95 bits per heavy atom. The van der Waals surface area contributed by atoms with Gasteiger partial charge in [-0.1, -0.05) is 27.7 Å². The SMILES string of the molecule is [O-][n+]1ccccc1SCc1cc2c(cc1Br)OCCO2. The van der Waals surface area contributed by atoms with E-state index in [1.807, 2.05) is 24.3 Å². The minimum atomic E-state index is 0.570. The second kappa shape index (κ2) is 5.93. The number of hydrogen-bond donors (Lipinski definition) is 0. The van der Waals surface area contributed by atoms with Crippen molar-refractivity contribution in [2.75, 3.05) is 13.2 Å². The zero-order valence-electron chi connectivity index (χ0n) is 10.5. The molecule has 1 aromatic heterocycles. The standard InChI is InChI=1S/C14H12BrNO3S/c15-11-8-13-12(18-5-6-19-13)7-10(11)9-20-14-3-1-2-4-16(14)17/h1-4,7-8H,5-6,9H2. The van der Waals surface area contributed by atoms with Crippen LogP contribution in [0.4, 0.5) is 0 Å². The Kier molecular flexibility index (Phi) is 4.03. The van der Waals surface area contributed by atoms with E-state index in [4.69, 9.17) is 9.47 Å². The maximum Gasteiger partial charge on any atom is 0.251 e. The summed E-state index contributed by atoms with van der Waals surface area (Å²) >= 11 is 5.02. The normalized spacial score (nSPS) is 13.2. The Balaban J connectivity index is 1.79. The lowest BCUT2D eigenvalue weighted by molar-refractivity contribution is -0.645. The molecular weight excluding hydrogens is 342 g/mol. The number of halogens is 1. The van der Waals surface area contributed by atoms with Crippen LogP contribution in [0.3, 0.4) is 0 Å². The molecule has 0 bridgehead atoms. The molecule has 0 N–H and O–H groups in total. The van der Waals surface area contributed by atoms with Gasteiger partial charge in [0.05, 0.1) is 0 Å². The molecule has 1 aromatic carbocycles. The Morgan fingerprint density at radius 1 is 1.20 bits per heavy atom. The smallest absolute Gasteiger partial charge is 0.251 e. The minimum absolute atomic E-state index is 0.570. The highest BCUT2D eigenvalue weighted by Gasteiger charge is 2.15. The van der Waals surface area contributed by atoms with Gasteiger partial charge < -0.3 is 14.7 Å². The number of hydrogen-bond acceptors (Lipinski definition) is 4. The van der Waals surface area contributed by atoms with Gasteiger partial charge in [0.2, 0.25) is 0 Å². The molecule has 0 fully saturated rings. The lowest BCUT2D eigenvalue weighted by atomic mass is 10.2. The average molecular weight is 354 g/mol. The van der Waals surface area contributed by atoms with Gasteiger partial charge in [0.15, 0.2) is 17.7 Å². The van der Waals surface area contributed by atoms with E-state index in [2.05, 4.69) is 15.9 Å². The molecule has 0 atom stereocenters. The second-order valence-electron chi connectivity index (χ2n) is 4.24. The van der Waals surface area contributed by atoms with Crippen molar-refractivity contribution in [3.63, 3.8) is 0 Å². The van der Waals surface area contributed by atoms with Gasteiger partial charge >= 0.3 is 0 Å². The molecule has 1 aliphatic heterocycles. The van der Waals surface area contributed by atoms with E-state index in [9.17, 15) is 5.21 Å². The Bertz CT molecular complexity index is 636. The third-order valence-corrected chi connectivity index (χ3v) is 4.68. The van der Waals surface area contributed by atoms with Crippen LogP contribution >= 0.6 is 27.7 Å². The first kappa shape index (κ1) is 13.6. The van der Waals surface area contributed by atoms with Crippen LogP contribution in [-0.4, -0.2) is 13.2 Å². The van der Waals surface area contributed by atoms with Crippen LogP contribution < -0.4 is 14.2 Å². The quantitative estimate of drug-likeness (QED) is 0.483. The van der Waals surface area contributed by atoms with Crippen LogP contribution in [-0.2, 0) is 5.75 Å². The van der Waals surface area contributed by atoms with Gasteiger partial charge in [-0.05, 0) is 23.8 Å². The summed E-state index contributed by atoms with van der Waals surface area (Å²) in [4.78, 5) is 0. The molecule has 1 aliphatic rings. The van der Waals surface area contributed by atoms with Crippen molar-refractivity contribution in [2.45, 2.75) is 10.8 Å². The highest BCUT2D eigenvalue weighted by molar-refractivity contribution is 9.10. The predicted molar refractivity (Wildman–Crippen MR) is 80.1 cm³/mol. The van der Waals surface area contributed by atoms with Crippen LogP contribution in [0.1, 0.15) is 5.56 Å². The second-order valence-corrected chi connectivity index (χ2v) is 6.09. The summed E-state index contributed by atoms with van der Waals surface area (Å²) in [6.45, 7) is 1.15. The van der Waals surface area contributed by atoms with Crippen molar-refractivity contribution in [3.8, 4) is 11.5 Å². The van der Waals surface area contributed by atoms with E-state index in [1.165, 1.54) is 18.0 Å². The molecule has 20 heavy (non-hydrogen) atoms. The minimum Gasteiger partial charge on any atom is -0.618 e. The molecule has 0 saturated heterocycles. The van der Waals surface area contributed by atoms with E-state index in [0.29, 0.717) is 24.0 Å². The zero-order chi connectivity index (χ0) is 13.9. The number of aromatic nitrogens is 1.